The van der Waals surface area contributed by atoms with E-state index in [-0.39, 0.29) is 0 Å². The van der Waals surface area contributed by atoms with Gasteiger partial charge in [0.05, 0.1) is 16.8 Å². The van der Waals surface area contributed by atoms with Gasteiger partial charge in [0.15, 0.2) is 6.61 Å². The lowest BCUT2D eigenvalue weighted by Crippen LogP contribution is -2.21. The van der Waals surface area contributed by atoms with Crippen LogP contribution in [0, 0.1) is 0 Å². The number of nitrogens with zero attached hydrogens (tertiary/aromatic N) is 1. The maximum Gasteiger partial charge on any atom is 0.339 e. The van der Waals surface area contributed by atoms with E-state index in [1.165, 1.54) is 0 Å². The largest absolute Gasteiger partial charge is 0.452 e. The summed E-state index contributed by atoms with van der Waals surface area (Å²) in [4.78, 5) is 28.6. The number of hydrogen-bond donors (Lipinski definition) is 1. The molecule has 0 atom stereocenters. The lowest BCUT2D eigenvalue weighted by Gasteiger charge is -2.12. The van der Waals surface area contributed by atoms with E-state index in [1.807, 2.05) is 54.6 Å². The summed E-state index contributed by atoms with van der Waals surface area (Å²) in [6.45, 7) is -0.452. The van der Waals surface area contributed by atoms with Crippen molar-refractivity contribution >= 4 is 46.0 Å². The van der Waals surface area contributed by atoms with E-state index in [4.69, 9.17) is 27.1 Å². The number of allylic oxidation sites excluding steroid dienone is 1. The van der Waals surface area contributed by atoms with Gasteiger partial charge in [-0.15, -0.1) is 0 Å². The number of ether oxygens (including phenoxy) is 1. The molecule has 1 aliphatic rings. The number of aromatic nitrogens is 1. The van der Waals surface area contributed by atoms with E-state index in [0.29, 0.717) is 27.9 Å². The number of rotatable bonds is 4. The molecular weight excluding hydrogens is 376 g/mol. The highest BCUT2D eigenvalue weighted by atomic mass is 35.5. The summed E-state index contributed by atoms with van der Waals surface area (Å²) in [5.41, 5.74) is 9.77. The number of carbonyl (C=O) groups excluding carboxylic acids is 2. The molecule has 1 amide bonds. The van der Waals surface area contributed by atoms with Gasteiger partial charge in [-0.1, -0.05) is 48.0 Å². The monoisotopic (exact) mass is 392 g/mol. The molecule has 0 saturated carbocycles. The number of pyridine rings is 1. The van der Waals surface area contributed by atoms with Crippen LogP contribution in [0.5, 0.6) is 0 Å². The fourth-order valence-corrected chi connectivity index (χ4v) is 3.69. The van der Waals surface area contributed by atoms with E-state index in [2.05, 4.69) is 0 Å². The highest BCUT2D eigenvalue weighted by molar-refractivity contribution is 6.32. The van der Waals surface area contributed by atoms with Crippen molar-refractivity contribution in [3.63, 3.8) is 0 Å². The fourth-order valence-electron chi connectivity index (χ4n) is 3.50. The fraction of sp³-hybridized carbons (Fsp3) is 0.136. The predicted octanol–water partition coefficient (Wildman–Crippen LogP) is 4.02. The third-order valence-corrected chi connectivity index (χ3v) is 5.07. The quantitative estimate of drug-likeness (QED) is 0.680. The van der Waals surface area contributed by atoms with Gasteiger partial charge in [0.25, 0.3) is 5.91 Å². The zero-order valence-electron chi connectivity index (χ0n) is 14.9. The first-order chi connectivity index (χ1) is 13.5. The van der Waals surface area contributed by atoms with Crippen molar-refractivity contribution in [2.24, 2.45) is 5.73 Å². The van der Waals surface area contributed by atoms with Crippen LogP contribution in [0.4, 0.5) is 0 Å². The molecule has 140 valence electrons. The van der Waals surface area contributed by atoms with Gasteiger partial charge in [-0.2, -0.15) is 0 Å². The van der Waals surface area contributed by atoms with Gasteiger partial charge >= 0.3 is 5.97 Å². The van der Waals surface area contributed by atoms with Crippen molar-refractivity contribution in [1.29, 1.82) is 0 Å². The molecule has 0 unspecified atom stereocenters. The van der Waals surface area contributed by atoms with Crippen LogP contribution in [0.15, 0.2) is 48.5 Å². The molecule has 2 N–H and O–H groups in total. The molecule has 6 heteroatoms. The molecule has 3 aromatic rings. The summed E-state index contributed by atoms with van der Waals surface area (Å²) in [6.07, 6.45) is 3.40. The van der Waals surface area contributed by atoms with Crippen LogP contribution in [0.2, 0.25) is 5.02 Å². The van der Waals surface area contributed by atoms with Crippen LogP contribution < -0.4 is 5.73 Å². The maximum absolute atomic E-state index is 12.7. The van der Waals surface area contributed by atoms with Crippen molar-refractivity contribution < 1.29 is 14.3 Å². The molecule has 0 radical (unpaired) electrons. The van der Waals surface area contributed by atoms with Crippen molar-refractivity contribution in [1.82, 2.24) is 4.98 Å². The van der Waals surface area contributed by atoms with E-state index >= 15 is 0 Å². The second-order valence-corrected chi connectivity index (χ2v) is 6.97. The van der Waals surface area contributed by atoms with Gasteiger partial charge in [-0.05, 0) is 47.8 Å². The first-order valence-corrected chi connectivity index (χ1v) is 9.25. The molecule has 1 aliphatic carbocycles. The number of fused-ring (bicyclic) bond motifs is 2. The minimum absolute atomic E-state index is 0.449. The van der Waals surface area contributed by atoms with Gasteiger partial charge in [-0.3, -0.25) is 4.79 Å². The number of halogens is 1. The Morgan fingerprint density at radius 2 is 1.86 bits per heavy atom. The molecule has 0 spiro atoms. The average molecular weight is 393 g/mol. The third-order valence-electron chi connectivity index (χ3n) is 4.73. The standard InChI is InChI=1S/C22H17ClN2O3/c23-17-7-3-1-5-13(17)11-14-9-10-16-20(22(27)28-12-19(24)26)15-6-2-4-8-18(15)25-21(14)16/h1-8,11H,9-10,12H2,(H2,24,26)/b14-11+. The Morgan fingerprint density at radius 3 is 2.64 bits per heavy atom. The van der Waals surface area contributed by atoms with Crippen LogP contribution in [0.25, 0.3) is 22.6 Å². The zero-order chi connectivity index (χ0) is 19.7. The van der Waals surface area contributed by atoms with E-state index in [0.717, 1.165) is 28.8 Å². The topological polar surface area (TPSA) is 82.3 Å². The Bertz CT molecular complexity index is 1140. The SMILES string of the molecule is NC(=O)COC(=O)c1c2c(nc3ccccc13)/C(=C/c1ccccc1Cl)CC2. The number of benzene rings is 2. The highest BCUT2D eigenvalue weighted by Crippen LogP contribution is 2.38. The summed E-state index contributed by atoms with van der Waals surface area (Å²) >= 11 is 6.29. The zero-order valence-corrected chi connectivity index (χ0v) is 15.7. The van der Waals surface area contributed by atoms with E-state index in [9.17, 15) is 9.59 Å². The first-order valence-electron chi connectivity index (χ1n) is 8.87. The summed E-state index contributed by atoms with van der Waals surface area (Å²) in [5, 5.41) is 1.36. The number of amides is 1. The van der Waals surface area contributed by atoms with Gasteiger partial charge in [0, 0.05) is 10.4 Å². The van der Waals surface area contributed by atoms with Crippen molar-refractivity contribution in [2.45, 2.75) is 12.8 Å². The predicted molar refractivity (Wildman–Crippen MR) is 109 cm³/mol. The molecule has 4 rings (SSSR count). The second-order valence-electron chi connectivity index (χ2n) is 6.56. The Morgan fingerprint density at radius 1 is 1.11 bits per heavy atom. The average Bonchev–Trinajstić information content (AvgIpc) is 3.08. The molecule has 0 aliphatic heterocycles. The van der Waals surface area contributed by atoms with Gasteiger partial charge in [0.2, 0.25) is 0 Å². The number of nitrogens with two attached hydrogens (primary N) is 1. The molecule has 1 heterocycles. The highest BCUT2D eigenvalue weighted by Gasteiger charge is 2.27. The summed E-state index contributed by atoms with van der Waals surface area (Å²) in [7, 11) is 0. The van der Waals surface area contributed by atoms with Crippen LogP contribution >= 0.6 is 11.6 Å². The molecular formula is C22H17ClN2O3. The smallest absolute Gasteiger partial charge is 0.339 e. The number of carbonyl (C=O) groups is 2. The Balaban J connectivity index is 1.86. The molecule has 0 saturated heterocycles. The molecule has 0 bridgehead atoms. The van der Waals surface area contributed by atoms with Crippen LogP contribution in [-0.4, -0.2) is 23.5 Å². The molecule has 2 aromatic carbocycles. The van der Waals surface area contributed by atoms with Crippen LogP contribution in [0.1, 0.15) is 33.6 Å². The van der Waals surface area contributed by atoms with Crippen LogP contribution in [-0.2, 0) is 16.0 Å². The lowest BCUT2D eigenvalue weighted by molar-refractivity contribution is -0.121. The maximum atomic E-state index is 12.7. The Labute approximate surface area is 166 Å². The summed E-state index contributed by atoms with van der Waals surface area (Å²) in [6, 6.07) is 15.0. The van der Waals surface area contributed by atoms with Crippen molar-refractivity contribution in [2.75, 3.05) is 6.61 Å². The molecule has 28 heavy (non-hydrogen) atoms. The van der Waals surface area contributed by atoms with E-state index in [1.54, 1.807) is 0 Å². The summed E-state index contributed by atoms with van der Waals surface area (Å²) < 4.78 is 5.11. The normalized spacial score (nSPS) is 14.2. The lowest BCUT2D eigenvalue weighted by atomic mass is 10.0. The number of primary amides is 1. The number of esters is 1. The van der Waals surface area contributed by atoms with Gasteiger partial charge < -0.3 is 10.5 Å². The van der Waals surface area contributed by atoms with Crippen LogP contribution in [0.3, 0.4) is 0 Å². The van der Waals surface area contributed by atoms with Gasteiger partial charge in [-0.25, -0.2) is 9.78 Å². The minimum atomic E-state index is -0.692. The van der Waals surface area contributed by atoms with E-state index < -0.39 is 18.5 Å². The molecule has 1 aromatic heterocycles. The third kappa shape index (κ3) is 3.37. The second kappa shape index (κ2) is 7.44. The Kier molecular flexibility index (Phi) is 4.84. The first kappa shape index (κ1) is 18.2. The summed E-state index contributed by atoms with van der Waals surface area (Å²) in [5.74, 6) is -1.25. The van der Waals surface area contributed by atoms with Gasteiger partial charge in [0.1, 0.15) is 0 Å². The minimum Gasteiger partial charge on any atom is -0.452 e. The number of para-hydroxylation sites is 1. The number of hydrogen-bond acceptors (Lipinski definition) is 4. The molecule has 5 nitrogen and oxygen atoms in total. The van der Waals surface area contributed by atoms with Crippen molar-refractivity contribution in [3.05, 3.63) is 75.9 Å². The Hall–Kier alpha value is -3.18. The molecule has 0 fully saturated rings. The van der Waals surface area contributed by atoms with Crippen molar-refractivity contribution in [3.8, 4) is 0 Å².